The summed E-state index contributed by atoms with van der Waals surface area (Å²) in [5.41, 5.74) is -1.81. The Morgan fingerprint density at radius 3 is 2.43 bits per heavy atom. The van der Waals surface area contributed by atoms with E-state index in [0.29, 0.717) is 0 Å². The van der Waals surface area contributed by atoms with Gasteiger partial charge < -0.3 is 15.5 Å². The number of phenolic OH excluding ortho intramolecular Hbond substituents is 2. The summed E-state index contributed by atoms with van der Waals surface area (Å²) in [5.74, 6) is -3.14. The molecule has 4 N–H and O–H groups in total. The molecule has 0 unspecified atom stereocenters. The molecule has 1 aromatic rings. The zero-order valence-electron chi connectivity index (χ0n) is 11.0. The molecule has 0 bridgehead atoms. The van der Waals surface area contributed by atoms with Crippen LogP contribution in [-0.4, -0.2) is 33.1 Å². The van der Waals surface area contributed by atoms with Crippen molar-refractivity contribution >= 4 is 29.2 Å². The molecule has 0 aliphatic heterocycles. The third-order valence-corrected chi connectivity index (χ3v) is 2.56. The van der Waals surface area contributed by atoms with Crippen LogP contribution in [0.2, 0.25) is 5.02 Å². The number of nitrogens with zero attached hydrogens (tertiary/aromatic N) is 1. The molecule has 0 aliphatic rings. The van der Waals surface area contributed by atoms with Crippen molar-refractivity contribution in [3.8, 4) is 11.5 Å². The predicted molar refractivity (Wildman–Crippen MR) is 72.6 cm³/mol. The number of carbonyl (C=O) groups excluding carboxylic acids is 2. The molecule has 0 saturated heterocycles. The number of carbonyl (C=O) groups is 2. The third kappa shape index (κ3) is 3.72. The van der Waals surface area contributed by atoms with E-state index in [1.807, 2.05) is 5.32 Å². The molecule has 0 fully saturated rings. The van der Waals surface area contributed by atoms with Gasteiger partial charge in [-0.05, 0) is 13.8 Å². The van der Waals surface area contributed by atoms with Gasteiger partial charge in [-0.3, -0.25) is 20.2 Å². The molecule has 0 radical (unpaired) electrons. The van der Waals surface area contributed by atoms with Gasteiger partial charge in [0.1, 0.15) is 5.56 Å². The summed E-state index contributed by atoms with van der Waals surface area (Å²) in [6.07, 6.45) is 0. The zero-order valence-corrected chi connectivity index (χ0v) is 11.8. The number of hydrogen-bond acceptors (Lipinski definition) is 6. The van der Waals surface area contributed by atoms with Crippen LogP contribution in [0.5, 0.6) is 11.5 Å². The van der Waals surface area contributed by atoms with Crippen LogP contribution in [-0.2, 0) is 0 Å². The van der Waals surface area contributed by atoms with E-state index < -0.39 is 44.6 Å². The molecule has 0 aromatic heterocycles. The summed E-state index contributed by atoms with van der Waals surface area (Å²) in [7, 11) is 0. The highest BCUT2D eigenvalue weighted by atomic mass is 35.5. The van der Waals surface area contributed by atoms with Crippen LogP contribution >= 0.6 is 11.6 Å². The second-order valence-corrected chi connectivity index (χ2v) is 4.70. The first-order valence-corrected chi connectivity index (χ1v) is 6.03. The molecule has 0 saturated carbocycles. The van der Waals surface area contributed by atoms with Gasteiger partial charge in [-0.15, -0.1) is 0 Å². The summed E-state index contributed by atoms with van der Waals surface area (Å²) in [5, 5.41) is 33.4. The fourth-order valence-corrected chi connectivity index (χ4v) is 1.75. The van der Waals surface area contributed by atoms with Crippen molar-refractivity contribution in [2.45, 2.75) is 19.9 Å². The smallest absolute Gasteiger partial charge is 0.328 e. The number of nitrogens with one attached hydrogen (secondary N) is 2. The maximum absolute atomic E-state index is 11.9. The highest BCUT2D eigenvalue weighted by molar-refractivity contribution is 6.35. The number of nitro benzene ring substituents is 1. The Hall–Kier alpha value is -2.55. The molecule has 0 atom stereocenters. The number of hydrogen-bond donors (Lipinski definition) is 4. The molecule has 1 rings (SSSR count). The van der Waals surface area contributed by atoms with Gasteiger partial charge in [-0.2, -0.15) is 0 Å². The Morgan fingerprint density at radius 2 is 1.95 bits per heavy atom. The standard InChI is InChI=1S/C11H12ClN3O6/c1-4(2)13-11(19)14-10(18)7-5(12)3-6(16)9(17)8(7)15(20)21/h3-4,16-17H,1-2H3,(H2,13,14,18,19). The fourth-order valence-electron chi connectivity index (χ4n) is 1.47. The molecule has 21 heavy (non-hydrogen) atoms. The van der Waals surface area contributed by atoms with Crippen molar-refractivity contribution in [3.05, 3.63) is 26.8 Å². The van der Waals surface area contributed by atoms with Crippen molar-refractivity contribution in [3.63, 3.8) is 0 Å². The van der Waals surface area contributed by atoms with Crippen LogP contribution in [0.3, 0.4) is 0 Å². The minimum atomic E-state index is -1.18. The lowest BCUT2D eigenvalue weighted by molar-refractivity contribution is -0.386. The SMILES string of the molecule is CC(C)NC(=O)NC(=O)c1c(Cl)cc(O)c(O)c1[N+](=O)[O-]. The lowest BCUT2D eigenvalue weighted by atomic mass is 10.1. The van der Waals surface area contributed by atoms with E-state index in [1.54, 1.807) is 13.8 Å². The molecule has 3 amide bonds. The van der Waals surface area contributed by atoms with Crippen LogP contribution in [0, 0.1) is 10.1 Å². The number of nitro groups is 1. The van der Waals surface area contributed by atoms with Gasteiger partial charge >= 0.3 is 11.7 Å². The van der Waals surface area contributed by atoms with Gasteiger partial charge in [0.25, 0.3) is 5.91 Å². The summed E-state index contributed by atoms with van der Waals surface area (Å²) in [6, 6.07) is -0.386. The van der Waals surface area contributed by atoms with Crippen molar-refractivity contribution < 1.29 is 24.7 Å². The maximum Gasteiger partial charge on any atom is 0.328 e. The van der Waals surface area contributed by atoms with Gasteiger partial charge in [-0.25, -0.2) is 4.79 Å². The monoisotopic (exact) mass is 317 g/mol. The number of rotatable bonds is 3. The highest BCUT2D eigenvalue weighted by Crippen LogP contribution is 2.41. The van der Waals surface area contributed by atoms with E-state index in [4.69, 9.17) is 11.6 Å². The predicted octanol–water partition coefficient (Wildman–Crippen LogP) is 1.51. The molecule has 114 valence electrons. The highest BCUT2D eigenvalue weighted by Gasteiger charge is 2.31. The largest absolute Gasteiger partial charge is 0.504 e. The Balaban J connectivity index is 3.24. The van der Waals surface area contributed by atoms with Gasteiger partial charge in [0.2, 0.25) is 5.75 Å². The van der Waals surface area contributed by atoms with Gasteiger partial charge in [0.05, 0.1) is 9.95 Å². The van der Waals surface area contributed by atoms with E-state index in [0.717, 1.165) is 6.07 Å². The Bertz CT molecular complexity index is 616. The summed E-state index contributed by atoms with van der Waals surface area (Å²) in [4.78, 5) is 33.1. The molecule has 0 spiro atoms. The normalized spacial score (nSPS) is 10.3. The van der Waals surface area contributed by atoms with Crippen molar-refractivity contribution in [2.24, 2.45) is 0 Å². The number of imide groups is 1. The first kappa shape index (κ1) is 16.5. The number of urea groups is 1. The molecular formula is C11H12ClN3O6. The number of amides is 3. The second-order valence-electron chi connectivity index (χ2n) is 4.29. The first-order chi connectivity index (χ1) is 9.65. The topological polar surface area (TPSA) is 142 Å². The fraction of sp³-hybridized carbons (Fsp3) is 0.273. The van der Waals surface area contributed by atoms with Crippen LogP contribution in [0.1, 0.15) is 24.2 Å². The molecule has 1 aromatic carbocycles. The van der Waals surface area contributed by atoms with E-state index in [1.165, 1.54) is 0 Å². The first-order valence-electron chi connectivity index (χ1n) is 5.65. The number of phenols is 2. The molecule has 0 aliphatic carbocycles. The van der Waals surface area contributed by atoms with Crippen LogP contribution in [0.4, 0.5) is 10.5 Å². The van der Waals surface area contributed by atoms with E-state index in [9.17, 15) is 29.9 Å². The van der Waals surface area contributed by atoms with Crippen molar-refractivity contribution in [2.75, 3.05) is 0 Å². The van der Waals surface area contributed by atoms with Crippen molar-refractivity contribution in [1.82, 2.24) is 10.6 Å². The van der Waals surface area contributed by atoms with Gasteiger partial charge in [-0.1, -0.05) is 11.6 Å². The minimum absolute atomic E-state index is 0.267. The Kier molecular flexibility index (Phi) is 4.93. The maximum atomic E-state index is 11.9. The quantitative estimate of drug-likeness (QED) is 0.378. The summed E-state index contributed by atoms with van der Waals surface area (Å²) >= 11 is 5.67. The number of benzene rings is 1. The molecule has 10 heteroatoms. The molecule has 0 heterocycles. The number of aromatic hydroxyl groups is 2. The Morgan fingerprint density at radius 1 is 1.38 bits per heavy atom. The lowest BCUT2D eigenvalue weighted by Crippen LogP contribution is -2.42. The molecule has 9 nitrogen and oxygen atoms in total. The molecular weight excluding hydrogens is 306 g/mol. The van der Waals surface area contributed by atoms with E-state index in [-0.39, 0.29) is 6.04 Å². The minimum Gasteiger partial charge on any atom is -0.504 e. The van der Waals surface area contributed by atoms with Crippen LogP contribution in [0.15, 0.2) is 6.07 Å². The van der Waals surface area contributed by atoms with Gasteiger partial charge in [0.15, 0.2) is 5.75 Å². The van der Waals surface area contributed by atoms with Crippen molar-refractivity contribution in [1.29, 1.82) is 0 Å². The van der Waals surface area contributed by atoms with Gasteiger partial charge in [0, 0.05) is 12.1 Å². The van der Waals surface area contributed by atoms with Crippen LogP contribution < -0.4 is 10.6 Å². The Labute approximate surface area is 123 Å². The zero-order chi connectivity index (χ0) is 16.3. The average molecular weight is 318 g/mol. The summed E-state index contributed by atoms with van der Waals surface area (Å²) < 4.78 is 0. The summed E-state index contributed by atoms with van der Waals surface area (Å²) in [6.45, 7) is 3.29. The average Bonchev–Trinajstić information content (AvgIpc) is 2.31. The second kappa shape index (κ2) is 6.27. The third-order valence-electron chi connectivity index (χ3n) is 2.26. The van der Waals surface area contributed by atoms with E-state index in [2.05, 4.69) is 5.32 Å². The number of halogens is 1. The van der Waals surface area contributed by atoms with E-state index >= 15 is 0 Å². The van der Waals surface area contributed by atoms with Crippen LogP contribution in [0.25, 0.3) is 0 Å². The lowest BCUT2D eigenvalue weighted by Gasteiger charge is -2.11.